The Balaban J connectivity index is 1.38. The standard InChI is InChI=1S/C25H29NO3S2/c1-17(2)31(28,29)16-18-10-12-20(13-11-18)24(27)14-25-26-23(15-30-25)22-9-5-7-19-6-3-4-8-21(19)22/h3-9,15,17-18,20H,10-14,16H2,1-2H3. The average Bonchev–Trinajstić information content (AvgIpc) is 3.21. The molecule has 2 aromatic carbocycles. The lowest BCUT2D eigenvalue weighted by atomic mass is 9.80. The van der Waals surface area contributed by atoms with Crippen LogP contribution in [0.4, 0.5) is 0 Å². The molecule has 4 nitrogen and oxygen atoms in total. The second kappa shape index (κ2) is 9.21. The summed E-state index contributed by atoms with van der Waals surface area (Å²) < 4.78 is 24.4. The SMILES string of the molecule is CC(C)S(=O)(=O)CC1CCC(C(=O)Cc2nc(-c3cccc4ccccc34)cs2)CC1. The lowest BCUT2D eigenvalue weighted by Gasteiger charge is -2.27. The van der Waals surface area contributed by atoms with E-state index < -0.39 is 9.84 Å². The summed E-state index contributed by atoms with van der Waals surface area (Å²) >= 11 is 1.55. The Morgan fingerprint density at radius 1 is 1.06 bits per heavy atom. The zero-order chi connectivity index (χ0) is 22.0. The van der Waals surface area contributed by atoms with Crippen molar-refractivity contribution in [3.05, 3.63) is 52.9 Å². The summed E-state index contributed by atoms with van der Waals surface area (Å²) in [4.78, 5) is 17.6. The quantitative estimate of drug-likeness (QED) is 0.458. The second-order valence-corrected chi connectivity index (χ2v) is 12.4. The first-order valence-electron chi connectivity index (χ1n) is 11.0. The van der Waals surface area contributed by atoms with E-state index in [1.165, 1.54) is 10.8 Å². The van der Waals surface area contributed by atoms with Crippen LogP contribution in [0, 0.1) is 11.8 Å². The third kappa shape index (κ3) is 5.07. The molecule has 31 heavy (non-hydrogen) atoms. The normalized spacial score (nSPS) is 19.7. The Morgan fingerprint density at radius 3 is 2.52 bits per heavy atom. The van der Waals surface area contributed by atoms with Crippen molar-refractivity contribution >= 4 is 37.7 Å². The predicted molar refractivity (Wildman–Crippen MR) is 128 cm³/mol. The molecule has 164 valence electrons. The Hall–Kier alpha value is -2.05. The van der Waals surface area contributed by atoms with Gasteiger partial charge >= 0.3 is 0 Å². The van der Waals surface area contributed by atoms with E-state index in [0.29, 0.717) is 6.42 Å². The molecule has 6 heteroatoms. The van der Waals surface area contributed by atoms with Crippen LogP contribution in [0.25, 0.3) is 22.0 Å². The van der Waals surface area contributed by atoms with E-state index in [2.05, 4.69) is 24.3 Å². The topological polar surface area (TPSA) is 64.1 Å². The Kier molecular flexibility index (Phi) is 6.58. The van der Waals surface area contributed by atoms with Crippen molar-refractivity contribution in [2.24, 2.45) is 11.8 Å². The molecule has 0 radical (unpaired) electrons. The van der Waals surface area contributed by atoms with Crippen molar-refractivity contribution in [2.75, 3.05) is 5.75 Å². The number of carbonyl (C=O) groups is 1. The number of aromatic nitrogens is 1. The zero-order valence-corrected chi connectivity index (χ0v) is 19.7. The highest BCUT2D eigenvalue weighted by atomic mass is 32.2. The van der Waals surface area contributed by atoms with Gasteiger partial charge in [-0.1, -0.05) is 42.5 Å². The van der Waals surface area contributed by atoms with Crippen LogP contribution in [0.2, 0.25) is 0 Å². The Bertz CT molecular complexity index is 1170. The third-order valence-corrected chi connectivity index (χ3v) is 9.65. The molecule has 1 heterocycles. The van der Waals surface area contributed by atoms with Gasteiger partial charge in [0.25, 0.3) is 0 Å². The fraction of sp³-hybridized carbons (Fsp3) is 0.440. The van der Waals surface area contributed by atoms with Gasteiger partial charge in [-0.3, -0.25) is 4.79 Å². The number of hydrogen-bond acceptors (Lipinski definition) is 5. The van der Waals surface area contributed by atoms with Gasteiger partial charge in [0.2, 0.25) is 0 Å². The number of rotatable bonds is 7. The molecule has 0 saturated heterocycles. The van der Waals surface area contributed by atoms with Gasteiger partial charge in [-0.25, -0.2) is 13.4 Å². The maximum atomic E-state index is 12.9. The van der Waals surface area contributed by atoms with E-state index in [1.54, 1.807) is 25.2 Å². The highest BCUT2D eigenvalue weighted by molar-refractivity contribution is 7.91. The molecule has 3 aromatic rings. The second-order valence-electron chi connectivity index (χ2n) is 8.89. The summed E-state index contributed by atoms with van der Waals surface area (Å²) in [6.07, 6.45) is 3.59. The highest BCUT2D eigenvalue weighted by Gasteiger charge is 2.30. The lowest BCUT2D eigenvalue weighted by Crippen LogP contribution is -2.29. The van der Waals surface area contributed by atoms with Gasteiger partial charge in [-0.05, 0) is 56.2 Å². The molecule has 0 bridgehead atoms. The maximum Gasteiger partial charge on any atom is 0.152 e. The number of Topliss-reactive ketones (excluding diaryl/α,β-unsaturated/α-hetero) is 1. The van der Waals surface area contributed by atoms with Crippen molar-refractivity contribution in [3.8, 4) is 11.3 Å². The summed E-state index contributed by atoms with van der Waals surface area (Å²) in [5, 5.41) is 4.92. The molecule has 0 amide bonds. The summed E-state index contributed by atoms with van der Waals surface area (Å²) in [6, 6.07) is 14.5. The number of hydrogen-bond donors (Lipinski definition) is 0. The minimum Gasteiger partial charge on any atom is -0.299 e. The molecule has 1 aromatic heterocycles. The Morgan fingerprint density at radius 2 is 1.77 bits per heavy atom. The molecule has 0 unspecified atom stereocenters. The van der Waals surface area contributed by atoms with Gasteiger partial charge in [0.1, 0.15) is 10.8 Å². The first kappa shape index (κ1) is 22.2. The van der Waals surface area contributed by atoms with Crippen molar-refractivity contribution in [2.45, 2.75) is 51.2 Å². The number of nitrogens with zero attached hydrogens (tertiary/aromatic N) is 1. The van der Waals surface area contributed by atoms with Crippen LogP contribution < -0.4 is 0 Å². The van der Waals surface area contributed by atoms with Gasteiger partial charge in [0.15, 0.2) is 9.84 Å². The molecule has 4 rings (SSSR count). The van der Waals surface area contributed by atoms with E-state index in [-0.39, 0.29) is 28.6 Å². The van der Waals surface area contributed by atoms with Crippen LogP contribution in [-0.4, -0.2) is 30.2 Å². The first-order valence-corrected chi connectivity index (χ1v) is 13.6. The summed E-state index contributed by atoms with van der Waals surface area (Å²) in [5.74, 6) is 0.716. The molecule has 0 aliphatic heterocycles. The zero-order valence-electron chi connectivity index (χ0n) is 18.1. The van der Waals surface area contributed by atoms with E-state index in [4.69, 9.17) is 4.98 Å². The minimum atomic E-state index is -3.02. The molecular weight excluding hydrogens is 426 g/mol. The maximum absolute atomic E-state index is 12.9. The number of fused-ring (bicyclic) bond motifs is 1. The fourth-order valence-electron chi connectivity index (χ4n) is 4.43. The molecule has 1 aliphatic rings. The van der Waals surface area contributed by atoms with Crippen molar-refractivity contribution in [1.82, 2.24) is 4.98 Å². The van der Waals surface area contributed by atoms with Gasteiger partial charge < -0.3 is 0 Å². The molecule has 0 atom stereocenters. The van der Waals surface area contributed by atoms with Crippen LogP contribution in [-0.2, 0) is 21.1 Å². The molecule has 1 fully saturated rings. The number of sulfone groups is 1. The molecule has 1 saturated carbocycles. The van der Waals surface area contributed by atoms with Crippen molar-refractivity contribution in [3.63, 3.8) is 0 Å². The number of benzene rings is 2. The summed E-state index contributed by atoms with van der Waals surface area (Å²) in [6.45, 7) is 3.48. The van der Waals surface area contributed by atoms with Crippen LogP contribution in [0.5, 0.6) is 0 Å². The predicted octanol–water partition coefficient (Wildman–Crippen LogP) is 5.70. The largest absolute Gasteiger partial charge is 0.299 e. The molecule has 0 spiro atoms. The minimum absolute atomic E-state index is 0.0305. The van der Waals surface area contributed by atoms with Crippen molar-refractivity contribution < 1.29 is 13.2 Å². The summed E-state index contributed by atoms with van der Waals surface area (Å²) in [5.41, 5.74) is 2.02. The fourth-order valence-corrected chi connectivity index (χ4v) is 6.61. The van der Waals surface area contributed by atoms with Gasteiger partial charge in [0, 0.05) is 16.9 Å². The van der Waals surface area contributed by atoms with E-state index >= 15 is 0 Å². The van der Waals surface area contributed by atoms with Gasteiger partial charge in [-0.15, -0.1) is 11.3 Å². The number of thiazole rings is 1. The third-order valence-electron chi connectivity index (χ3n) is 6.43. The summed E-state index contributed by atoms with van der Waals surface area (Å²) in [7, 11) is -3.02. The Labute approximate surface area is 188 Å². The smallest absolute Gasteiger partial charge is 0.152 e. The van der Waals surface area contributed by atoms with Crippen LogP contribution >= 0.6 is 11.3 Å². The van der Waals surface area contributed by atoms with Gasteiger partial charge in [-0.2, -0.15) is 0 Å². The number of ketones is 1. The molecule has 1 aliphatic carbocycles. The van der Waals surface area contributed by atoms with E-state index in [9.17, 15) is 13.2 Å². The molecular formula is C25H29NO3S2. The lowest BCUT2D eigenvalue weighted by molar-refractivity contribution is -0.123. The van der Waals surface area contributed by atoms with E-state index in [0.717, 1.165) is 41.9 Å². The molecule has 0 N–H and O–H groups in total. The van der Waals surface area contributed by atoms with E-state index in [1.807, 2.05) is 23.6 Å². The first-order chi connectivity index (χ1) is 14.8. The van der Waals surface area contributed by atoms with Crippen LogP contribution in [0.1, 0.15) is 44.5 Å². The highest BCUT2D eigenvalue weighted by Crippen LogP contribution is 2.33. The number of carbonyl (C=O) groups excluding carboxylic acids is 1. The van der Waals surface area contributed by atoms with Gasteiger partial charge in [0.05, 0.1) is 23.1 Å². The average molecular weight is 456 g/mol. The van der Waals surface area contributed by atoms with Crippen molar-refractivity contribution in [1.29, 1.82) is 0 Å². The monoisotopic (exact) mass is 455 g/mol. The van der Waals surface area contributed by atoms with Crippen LogP contribution in [0.15, 0.2) is 47.8 Å². The van der Waals surface area contributed by atoms with Crippen LogP contribution in [0.3, 0.4) is 0 Å².